The zero-order chi connectivity index (χ0) is 24.7. The summed E-state index contributed by atoms with van der Waals surface area (Å²) < 4.78 is 48.7. The van der Waals surface area contributed by atoms with Crippen molar-refractivity contribution < 1.29 is 42.7 Å². The van der Waals surface area contributed by atoms with E-state index in [9.17, 15) is 23.8 Å². The molecule has 1 heterocycles. The molecule has 2 fully saturated rings. The standard InChI is InChI=1S/C25H34F2O7/c1-15(2)34-24(30)14-31-11-16-6-8-19-18(21(29)10-23(19)32-12-16)9-7-17(28)13-33-22-5-3-4-20(26)25(22)27/h3-5,7,9,15-19,21,23,28-29H,6,8,10-14H2,1-2H3/b9-7+/t16-,17-,18-,19-,21-,23+/m1/s1. The summed E-state index contributed by atoms with van der Waals surface area (Å²) in [6.45, 7) is 4.10. The van der Waals surface area contributed by atoms with Gasteiger partial charge in [0.25, 0.3) is 0 Å². The number of aliphatic hydroxyl groups is 2. The van der Waals surface area contributed by atoms with Gasteiger partial charge in [-0.2, -0.15) is 4.39 Å². The number of halogens is 2. The fraction of sp³-hybridized carbons (Fsp3) is 0.640. The second kappa shape index (κ2) is 12.6. The summed E-state index contributed by atoms with van der Waals surface area (Å²) in [7, 11) is 0. The van der Waals surface area contributed by atoms with Gasteiger partial charge >= 0.3 is 5.97 Å². The van der Waals surface area contributed by atoms with E-state index in [1.807, 2.05) is 0 Å². The Balaban J connectivity index is 1.47. The summed E-state index contributed by atoms with van der Waals surface area (Å²) in [6, 6.07) is 3.60. The van der Waals surface area contributed by atoms with Crippen molar-refractivity contribution in [3.63, 3.8) is 0 Å². The van der Waals surface area contributed by atoms with Crippen molar-refractivity contribution in [1.82, 2.24) is 0 Å². The number of benzene rings is 1. The van der Waals surface area contributed by atoms with Crippen LogP contribution < -0.4 is 4.74 Å². The van der Waals surface area contributed by atoms with E-state index in [1.165, 1.54) is 18.2 Å². The lowest BCUT2D eigenvalue weighted by Gasteiger charge is -2.21. The van der Waals surface area contributed by atoms with Crippen molar-refractivity contribution in [3.05, 3.63) is 42.0 Å². The Morgan fingerprint density at radius 1 is 1.29 bits per heavy atom. The molecule has 1 saturated carbocycles. The molecule has 0 aromatic heterocycles. The van der Waals surface area contributed by atoms with Gasteiger partial charge in [-0.3, -0.25) is 0 Å². The minimum Gasteiger partial charge on any atom is -0.487 e. The number of carbonyl (C=O) groups excluding carboxylic acids is 1. The van der Waals surface area contributed by atoms with Gasteiger partial charge in [0.05, 0.1) is 31.5 Å². The van der Waals surface area contributed by atoms with E-state index in [2.05, 4.69) is 0 Å². The maximum absolute atomic E-state index is 13.7. The van der Waals surface area contributed by atoms with Gasteiger partial charge in [0.2, 0.25) is 5.82 Å². The normalized spacial score (nSPS) is 28.0. The molecule has 0 radical (unpaired) electrons. The highest BCUT2D eigenvalue weighted by atomic mass is 19.2. The van der Waals surface area contributed by atoms with Crippen LogP contribution in [0.15, 0.2) is 30.4 Å². The van der Waals surface area contributed by atoms with E-state index in [1.54, 1.807) is 19.9 Å². The number of aliphatic hydroxyl groups excluding tert-OH is 2. The Bertz CT molecular complexity index is 831. The van der Waals surface area contributed by atoms with Crippen molar-refractivity contribution in [2.24, 2.45) is 17.8 Å². The lowest BCUT2D eigenvalue weighted by Crippen LogP contribution is -2.22. The molecule has 0 unspecified atom stereocenters. The van der Waals surface area contributed by atoms with E-state index < -0.39 is 29.8 Å². The highest BCUT2D eigenvalue weighted by Gasteiger charge is 2.43. The van der Waals surface area contributed by atoms with E-state index in [0.29, 0.717) is 19.6 Å². The van der Waals surface area contributed by atoms with Crippen LogP contribution in [0.5, 0.6) is 5.75 Å². The van der Waals surface area contributed by atoms with Crippen LogP contribution in [0.4, 0.5) is 8.78 Å². The predicted molar refractivity (Wildman–Crippen MR) is 119 cm³/mol. The predicted octanol–water partition coefficient (Wildman–Crippen LogP) is 3.02. The summed E-state index contributed by atoms with van der Waals surface area (Å²) in [4.78, 5) is 11.6. The average molecular weight is 485 g/mol. The van der Waals surface area contributed by atoms with Gasteiger partial charge in [-0.1, -0.05) is 18.2 Å². The smallest absolute Gasteiger partial charge is 0.332 e. The minimum absolute atomic E-state index is 0.0796. The number of fused-ring (bicyclic) bond motifs is 1. The van der Waals surface area contributed by atoms with E-state index in [0.717, 1.165) is 18.9 Å². The van der Waals surface area contributed by atoms with Crippen LogP contribution in [0, 0.1) is 29.4 Å². The molecular weight excluding hydrogens is 450 g/mol. The molecular formula is C25H34F2O7. The molecule has 1 aromatic carbocycles. The quantitative estimate of drug-likeness (QED) is 0.389. The highest BCUT2D eigenvalue weighted by molar-refractivity contribution is 5.70. The molecule has 34 heavy (non-hydrogen) atoms. The molecule has 3 rings (SSSR count). The first-order chi connectivity index (χ1) is 16.2. The van der Waals surface area contributed by atoms with Crippen molar-refractivity contribution in [2.75, 3.05) is 26.4 Å². The van der Waals surface area contributed by atoms with Crippen molar-refractivity contribution in [3.8, 4) is 5.75 Å². The van der Waals surface area contributed by atoms with Crippen LogP contribution in [0.2, 0.25) is 0 Å². The van der Waals surface area contributed by atoms with E-state index in [-0.39, 0.29) is 48.9 Å². The third-order valence-corrected chi connectivity index (χ3v) is 6.17. The maximum atomic E-state index is 13.7. The van der Waals surface area contributed by atoms with E-state index in [4.69, 9.17) is 18.9 Å². The molecule has 0 spiro atoms. The Morgan fingerprint density at radius 2 is 2.09 bits per heavy atom. The number of carbonyl (C=O) groups is 1. The van der Waals surface area contributed by atoms with Crippen LogP contribution >= 0.6 is 0 Å². The fourth-order valence-corrected chi connectivity index (χ4v) is 4.54. The Labute approximate surface area is 198 Å². The third kappa shape index (κ3) is 7.46. The summed E-state index contributed by atoms with van der Waals surface area (Å²) in [6.07, 6.45) is 3.47. The Morgan fingerprint density at radius 3 is 2.85 bits per heavy atom. The molecule has 2 N–H and O–H groups in total. The first-order valence-corrected chi connectivity index (χ1v) is 11.7. The molecule has 9 heteroatoms. The molecule has 0 amide bonds. The maximum Gasteiger partial charge on any atom is 0.332 e. The second-order valence-corrected chi connectivity index (χ2v) is 9.23. The van der Waals surface area contributed by atoms with Crippen LogP contribution in [0.25, 0.3) is 0 Å². The van der Waals surface area contributed by atoms with Crippen LogP contribution in [0.1, 0.15) is 33.1 Å². The molecule has 190 valence electrons. The minimum atomic E-state index is -1.10. The number of rotatable bonds is 10. The fourth-order valence-electron chi connectivity index (χ4n) is 4.54. The van der Waals surface area contributed by atoms with Gasteiger partial charge in [0, 0.05) is 18.3 Å². The number of esters is 1. The molecule has 1 aromatic rings. The average Bonchev–Trinajstić information content (AvgIpc) is 2.94. The van der Waals surface area contributed by atoms with Crippen molar-refractivity contribution in [1.29, 1.82) is 0 Å². The van der Waals surface area contributed by atoms with Gasteiger partial charge in [-0.05, 0) is 44.7 Å². The SMILES string of the molecule is CC(C)OC(=O)COC[C@H]1CC[C@@H]2[C@@H](/C=C/[C@@H](O)COc3cccc(F)c3F)[C@H](O)C[C@@H]2OC1. The van der Waals surface area contributed by atoms with Gasteiger partial charge < -0.3 is 29.2 Å². The summed E-state index contributed by atoms with van der Waals surface area (Å²) in [5.41, 5.74) is 0. The lowest BCUT2D eigenvalue weighted by atomic mass is 9.87. The van der Waals surface area contributed by atoms with Crippen LogP contribution in [-0.4, -0.2) is 67.0 Å². The van der Waals surface area contributed by atoms with Gasteiger partial charge in [-0.15, -0.1) is 0 Å². The molecule has 1 aliphatic heterocycles. The summed E-state index contributed by atoms with van der Waals surface area (Å²) >= 11 is 0. The topological polar surface area (TPSA) is 94.5 Å². The molecule has 0 bridgehead atoms. The zero-order valence-corrected chi connectivity index (χ0v) is 19.6. The number of hydrogen-bond acceptors (Lipinski definition) is 7. The van der Waals surface area contributed by atoms with Crippen LogP contribution in [-0.2, 0) is 19.0 Å². The summed E-state index contributed by atoms with van der Waals surface area (Å²) in [5, 5.41) is 20.7. The number of ether oxygens (including phenoxy) is 4. The van der Waals surface area contributed by atoms with Gasteiger partial charge in [0.1, 0.15) is 19.3 Å². The largest absolute Gasteiger partial charge is 0.487 e. The van der Waals surface area contributed by atoms with E-state index >= 15 is 0 Å². The summed E-state index contributed by atoms with van der Waals surface area (Å²) in [5.74, 6) is -2.76. The van der Waals surface area contributed by atoms with Crippen molar-refractivity contribution in [2.45, 2.75) is 57.5 Å². The number of hydrogen-bond donors (Lipinski definition) is 2. The lowest BCUT2D eigenvalue weighted by molar-refractivity contribution is -0.153. The molecule has 1 aliphatic carbocycles. The molecule has 2 aliphatic rings. The second-order valence-electron chi connectivity index (χ2n) is 9.23. The van der Waals surface area contributed by atoms with Gasteiger partial charge in [0.15, 0.2) is 11.6 Å². The molecule has 7 nitrogen and oxygen atoms in total. The Kier molecular flexibility index (Phi) is 9.82. The first-order valence-electron chi connectivity index (χ1n) is 11.7. The monoisotopic (exact) mass is 484 g/mol. The zero-order valence-electron chi connectivity index (χ0n) is 19.6. The highest BCUT2D eigenvalue weighted by Crippen LogP contribution is 2.41. The first kappa shape index (κ1) is 26.5. The Hall–Kier alpha value is -2.07. The third-order valence-electron chi connectivity index (χ3n) is 6.17. The molecule has 6 atom stereocenters. The van der Waals surface area contributed by atoms with Crippen LogP contribution in [0.3, 0.4) is 0 Å². The molecule has 1 saturated heterocycles. The van der Waals surface area contributed by atoms with Gasteiger partial charge in [-0.25, -0.2) is 9.18 Å². The van der Waals surface area contributed by atoms with Crippen molar-refractivity contribution >= 4 is 5.97 Å².